The topological polar surface area (TPSA) is 108 Å². The van der Waals surface area contributed by atoms with E-state index in [-0.39, 0.29) is 6.04 Å². The molecule has 2 atom stereocenters. The molecule has 164 valence electrons. The van der Waals surface area contributed by atoms with Gasteiger partial charge in [0.15, 0.2) is 0 Å². The molecule has 3 heterocycles. The van der Waals surface area contributed by atoms with Crippen LogP contribution in [0.2, 0.25) is 0 Å². The van der Waals surface area contributed by atoms with Gasteiger partial charge in [-0.05, 0) is 17.5 Å². The van der Waals surface area contributed by atoms with Crippen molar-refractivity contribution in [3.63, 3.8) is 0 Å². The zero-order valence-corrected chi connectivity index (χ0v) is 18.0. The van der Waals surface area contributed by atoms with Crippen LogP contribution in [0.5, 0.6) is 0 Å². The third-order valence-corrected chi connectivity index (χ3v) is 5.78. The van der Waals surface area contributed by atoms with Crippen LogP contribution in [0.25, 0.3) is 0 Å². The third kappa shape index (κ3) is 5.13. The average molecular weight is 423 g/mol. The Morgan fingerprint density at radius 3 is 2.71 bits per heavy atom. The standard InChI is InChI=1S/C23H30N6O2/c1-2-3-10-31-23-27-20-18(19(14-24)26-21(20)22(25)28-23)13-16-4-6-17(7-5-16)15-29-8-11-30-12-9-29/h4-7,21-22,26H,2-3,8-13,15,25H2,1H3. The molecule has 0 amide bonds. The summed E-state index contributed by atoms with van der Waals surface area (Å²) >= 11 is 0. The fourth-order valence-electron chi connectivity index (χ4n) is 3.99. The van der Waals surface area contributed by atoms with Crippen molar-refractivity contribution in [3.05, 3.63) is 46.7 Å². The summed E-state index contributed by atoms with van der Waals surface area (Å²) in [6.45, 7) is 7.13. The van der Waals surface area contributed by atoms with Crippen molar-refractivity contribution >= 4 is 11.7 Å². The van der Waals surface area contributed by atoms with Crippen LogP contribution in [0.3, 0.4) is 0 Å². The first kappa shape index (κ1) is 21.5. The lowest BCUT2D eigenvalue weighted by Gasteiger charge is -2.26. The van der Waals surface area contributed by atoms with Gasteiger partial charge in [-0.25, -0.2) is 4.99 Å². The van der Waals surface area contributed by atoms with Gasteiger partial charge in [0, 0.05) is 31.6 Å². The first-order chi connectivity index (χ1) is 15.2. The average Bonchev–Trinajstić information content (AvgIpc) is 3.14. The van der Waals surface area contributed by atoms with E-state index in [1.165, 1.54) is 5.56 Å². The van der Waals surface area contributed by atoms with Crippen LogP contribution < -0.4 is 11.1 Å². The van der Waals surface area contributed by atoms with Gasteiger partial charge in [0.1, 0.15) is 24.0 Å². The van der Waals surface area contributed by atoms with E-state index < -0.39 is 6.17 Å². The van der Waals surface area contributed by atoms with E-state index in [1.807, 2.05) is 0 Å². The molecule has 8 heteroatoms. The monoisotopic (exact) mass is 422 g/mol. The number of hydrogen-bond acceptors (Lipinski definition) is 8. The van der Waals surface area contributed by atoms with Gasteiger partial charge in [0.05, 0.1) is 25.5 Å². The second-order valence-electron chi connectivity index (χ2n) is 8.07. The van der Waals surface area contributed by atoms with E-state index in [9.17, 15) is 5.26 Å². The van der Waals surface area contributed by atoms with Crippen LogP contribution in [-0.2, 0) is 22.4 Å². The van der Waals surface area contributed by atoms with Crippen molar-refractivity contribution in [2.45, 2.75) is 44.9 Å². The van der Waals surface area contributed by atoms with Crippen LogP contribution in [0.1, 0.15) is 30.9 Å². The summed E-state index contributed by atoms with van der Waals surface area (Å²) in [5.74, 6) is 0. The predicted molar refractivity (Wildman–Crippen MR) is 120 cm³/mol. The first-order valence-corrected chi connectivity index (χ1v) is 11.0. The van der Waals surface area contributed by atoms with Gasteiger partial charge in [-0.1, -0.05) is 37.6 Å². The van der Waals surface area contributed by atoms with Crippen molar-refractivity contribution in [3.8, 4) is 6.07 Å². The fraction of sp³-hybridized carbons (Fsp3) is 0.522. The second-order valence-corrected chi connectivity index (χ2v) is 8.07. The number of allylic oxidation sites excluding steroid dienone is 1. The first-order valence-electron chi connectivity index (χ1n) is 11.0. The Bertz CT molecular complexity index is 909. The SMILES string of the molecule is CCCCOC1=NC(N)C2NC(C#N)=C(Cc3ccc(CN4CCOCC4)cc3)C2=N1. The zero-order valence-electron chi connectivity index (χ0n) is 18.0. The van der Waals surface area contributed by atoms with Crippen molar-refractivity contribution in [2.24, 2.45) is 15.7 Å². The van der Waals surface area contributed by atoms with Crippen LogP contribution in [0, 0.1) is 11.3 Å². The second kappa shape index (κ2) is 10.1. The molecular weight excluding hydrogens is 392 g/mol. The molecule has 0 aromatic heterocycles. The van der Waals surface area contributed by atoms with Crippen LogP contribution in [-0.4, -0.2) is 61.8 Å². The number of amidine groups is 1. The molecule has 0 radical (unpaired) electrons. The maximum atomic E-state index is 9.66. The zero-order chi connectivity index (χ0) is 21.6. The number of nitrogens with one attached hydrogen (secondary N) is 1. The van der Waals surface area contributed by atoms with Gasteiger partial charge in [-0.2, -0.15) is 10.3 Å². The summed E-state index contributed by atoms with van der Waals surface area (Å²) in [5.41, 5.74) is 10.8. The van der Waals surface area contributed by atoms with Gasteiger partial charge < -0.3 is 20.5 Å². The minimum atomic E-state index is -0.527. The van der Waals surface area contributed by atoms with Gasteiger partial charge >= 0.3 is 6.02 Å². The minimum absolute atomic E-state index is 0.288. The molecule has 0 spiro atoms. The number of nitrogens with zero attached hydrogens (tertiary/aromatic N) is 4. The van der Waals surface area contributed by atoms with E-state index in [1.54, 1.807) is 0 Å². The van der Waals surface area contributed by atoms with Crippen LogP contribution >= 0.6 is 0 Å². The number of rotatable bonds is 7. The van der Waals surface area contributed by atoms with Crippen molar-refractivity contribution in [2.75, 3.05) is 32.9 Å². The van der Waals surface area contributed by atoms with E-state index in [4.69, 9.17) is 15.2 Å². The quantitative estimate of drug-likeness (QED) is 0.648. The minimum Gasteiger partial charge on any atom is -0.464 e. The Balaban J connectivity index is 1.47. The maximum Gasteiger partial charge on any atom is 0.313 e. The van der Waals surface area contributed by atoms with Gasteiger partial charge in [0.25, 0.3) is 0 Å². The highest BCUT2D eigenvalue weighted by atomic mass is 16.5. The van der Waals surface area contributed by atoms with E-state index in [2.05, 4.69) is 57.5 Å². The molecule has 2 unspecified atom stereocenters. The molecule has 1 fully saturated rings. The summed E-state index contributed by atoms with van der Waals surface area (Å²) in [5, 5.41) is 12.9. The molecule has 8 nitrogen and oxygen atoms in total. The highest BCUT2D eigenvalue weighted by Crippen LogP contribution is 2.25. The molecular formula is C23H30N6O2. The molecule has 0 saturated carbocycles. The molecule has 1 saturated heterocycles. The molecule has 0 aliphatic carbocycles. The molecule has 3 aliphatic rings. The van der Waals surface area contributed by atoms with E-state index in [0.29, 0.717) is 24.7 Å². The Kier molecular flexibility index (Phi) is 6.97. The van der Waals surface area contributed by atoms with Crippen LogP contribution in [0.4, 0.5) is 0 Å². The molecule has 1 aromatic carbocycles. The lowest BCUT2D eigenvalue weighted by molar-refractivity contribution is 0.0342. The third-order valence-electron chi connectivity index (χ3n) is 5.78. The highest BCUT2D eigenvalue weighted by Gasteiger charge is 2.38. The predicted octanol–water partition coefficient (Wildman–Crippen LogP) is 1.72. The summed E-state index contributed by atoms with van der Waals surface area (Å²) in [4.78, 5) is 11.4. The van der Waals surface area contributed by atoms with Gasteiger partial charge in [0.2, 0.25) is 0 Å². The van der Waals surface area contributed by atoms with E-state index in [0.717, 1.165) is 62.5 Å². The van der Waals surface area contributed by atoms with Crippen molar-refractivity contribution in [1.29, 1.82) is 5.26 Å². The Morgan fingerprint density at radius 2 is 2.00 bits per heavy atom. The Labute approximate surface area is 183 Å². The highest BCUT2D eigenvalue weighted by molar-refractivity contribution is 6.13. The lowest BCUT2D eigenvalue weighted by Crippen LogP contribution is -2.48. The number of nitriles is 1. The summed E-state index contributed by atoms with van der Waals surface area (Å²) in [6, 6.07) is 10.9. The number of nitrogens with two attached hydrogens (primary N) is 1. The van der Waals surface area contributed by atoms with Crippen molar-refractivity contribution in [1.82, 2.24) is 10.2 Å². The smallest absolute Gasteiger partial charge is 0.313 e. The number of unbranched alkanes of at least 4 members (excludes halogenated alkanes) is 1. The number of benzene rings is 1. The molecule has 1 aromatic rings. The largest absolute Gasteiger partial charge is 0.464 e. The molecule has 4 rings (SSSR count). The molecule has 3 aliphatic heterocycles. The number of ether oxygens (including phenoxy) is 2. The molecule has 3 N–H and O–H groups in total. The van der Waals surface area contributed by atoms with E-state index >= 15 is 0 Å². The lowest BCUT2D eigenvalue weighted by atomic mass is 9.96. The number of morpholine rings is 1. The number of hydrogen-bond donors (Lipinski definition) is 2. The fourth-order valence-corrected chi connectivity index (χ4v) is 3.99. The van der Waals surface area contributed by atoms with Crippen LogP contribution in [0.15, 0.2) is 45.5 Å². The summed E-state index contributed by atoms with van der Waals surface area (Å²) in [6.07, 6.45) is 2.05. The Hall–Kier alpha value is -2.73. The van der Waals surface area contributed by atoms with Gasteiger partial charge in [-0.15, -0.1) is 0 Å². The maximum absolute atomic E-state index is 9.66. The summed E-state index contributed by atoms with van der Waals surface area (Å²) < 4.78 is 11.1. The molecule has 31 heavy (non-hydrogen) atoms. The number of aliphatic imine (C=N–C) groups is 2. The normalized spacial score (nSPS) is 23.5. The summed E-state index contributed by atoms with van der Waals surface area (Å²) in [7, 11) is 0. The van der Waals surface area contributed by atoms with Crippen molar-refractivity contribution < 1.29 is 9.47 Å². The molecule has 0 bridgehead atoms. The number of fused-ring (bicyclic) bond motifs is 1. The Morgan fingerprint density at radius 1 is 1.26 bits per heavy atom. The van der Waals surface area contributed by atoms with Gasteiger partial charge in [-0.3, -0.25) is 4.90 Å².